The first-order valence-electron chi connectivity index (χ1n) is 9.23. The molecule has 2 heteroatoms. The van der Waals surface area contributed by atoms with Crippen molar-refractivity contribution in [2.75, 3.05) is 13.2 Å². The van der Waals surface area contributed by atoms with Gasteiger partial charge in [0.05, 0.1) is 6.10 Å². The van der Waals surface area contributed by atoms with E-state index in [2.05, 4.69) is 12.2 Å². The van der Waals surface area contributed by atoms with Gasteiger partial charge in [0.2, 0.25) is 0 Å². The van der Waals surface area contributed by atoms with E-state index in [4.69, 9.17) is 4.74 Å². The molecular weight excluding hydrogens is 246 g/mol. The molecule has 0 aromatic rings. The molecule has 0 spiro atoms. The summed E-state index contributed by atoms with van der Waals surface area (Å²) in [6.45, 7) is 4.38. The van der Waals surface area contributed by atoms with Gasteiger partial charge in [0.25, 0.3) is 0 Å². The molecule has 0 aromatic carbocycles. The number of hydrogen-bond acceptors (Lipinski definition) is 2. The number of ether oxygens (including phenoxy) is 1. The van der Waals surface area contributed by atoms with Gasteiger partial charge in [-0.05, 0) is 51.0 Å². The molecule has 20 heavy (non-hydrogen) atoms. The predicted molar refractivity (Wildman–Crippen MR) is 86.1 cm³/mol. The first kappa shape index (κ1) is 16.3. The van der Waals surface area contributed by atoms with E-state index >= 15 is 0 Å². The Kier molecular flexibility index (Phi) is 7.97. The molecule has 1 saturated heterocycles. The zero-order valence-corrected chi connectivity index (χ0v) is 13.5. The Morgan fingerprint density at radius 2 is 1.85 bits per heavy atom. The maximum absolute atomic E-state index is 5.74. The molecule has 0 radical (unpaired) electrons. The summed E-state index contributed by atoms with van der Waals surface area (Å²) < 4.78 is 5.74. The first-order valence-corrected chi connectivity index (χ1v) is 9.23. The summed E-state index contributed by atoms with van der Waals surface area (Å²) in [5, 5.41) is 3.73. The Labute approximate surface area is 126 Å². The number of rotatable bonds is 8. The molecular formula is C18H35NO. The normalized spacial score (nSPS) is 26.6. The highest BCUT2D eigenvalue weighted by Gasteiger charge is 2.19. The second-order valence-electron chi connectivity index (χ2n) is 6.91. The van der Waals surface area contributed by atoms with Crippen molar-refractivity contribution in [1.82, 2.24) is 5.32 Å². The van der Waals surface area contributed by atoms with E-state index in [0.717, 1.165) is 25.1 Å². The topological polar surface area (TPSA) is 21.3 Å². The largest absolute Gasteiger partial charge is 0.378 e. The van der Waals surface area contributed by atoms with Gasteiger partial charge in [0, 0.05) is 12.6 Å². The SMILES string of the molecule is CCNC(CCCC1CCCO1)CC1CCCCCC1. The smallest absolute Gasteiger partial charge is 0.0576 e. The van der Waals surface area contributed by atoms with E-state index in [9.17, 15) is 0 Å². The molecule has 1 N–H and O–H groups in total. The third-order valence-corrected chi connectivity index (χ3v) is 5.19. The van der Waals surface area contributed by atoms with E-state index < -0.39 is 0 Å². The molecule has 1 heterocycles. The summed E-state index contributed by atoms with van der Waals surface area (Å²) in [6.07, 6.45) is 17.4. The highest BCUT2D eigenvalue weighted by Crippen LogP contribution is 2.28. The molecule has 2 aliphatic rings. The Hall–Kier alpha value is -0.0800. The van der Waals surface area contributed by atoms with E-state index in [1.807, 2.05) is 0 Å². The van der Waals surface area contributed by atoms with Crippen LogP contribution in [0.3, 0.4) is 0 Å². The molecule has 2 nitrogen and oxygen atoms in total. The van der Waals surface area contributed by atoms with Gasteiger partial charge in [-0.1, -0.05) is 45.4 Å². The molecule has 2 unspecified atom stereocenters. The molecule has 1 aliphatic heterocycles. The van der Waals surface area contributed by atoms with Gasteiger partial charge in [-0.3, -0.25) is 0 Å². The monoisotopic (exact) mass is 281 g/mol. The van der Waals surface area contributed by atoms with Crippen LogP contribution in [0.25, 0.3) is 0 Å². The third kappa shape index (κ3) is 6.13. The lowest BCUT2D eigenvalue weighted by Crippen LogP contribution is -2.31. The van der Waals surface area contributed by atoms with E-state index in [1.165, 1.54) is 77.0 Å². The molecule has 1 saturated carbocycles. The van der Waals surface area contributed by atoms with Gasteiger partial charge >= 0.3 is 0 Å². The van der Waals surface area contributed by atoms with E-state index in [1.54, 1.807) is 0 Å². The summed E-state index contributed by atoms with van der Waals surface area (Å²) in [5.41, 5.74) is 0. The maximum atomic E-state index is 5.74. The van der Waals surface area contributed by atoms with Gasteiger partial charge < -0.3 is 10.1 Å². The Morgan fingerprint density at radius 1 is 1.05 bits per heavy atom. The van der Waals surface area contributed by atoms with Crippen molar-refractivity contribution in [1.29, 1.82) is 0 Å². The second kappa shape index (κ2) is 9.78. The molecule has 118 valence electrons. The van der Waals surface area contributed by atoms with Crippen LogP contribution in [0.1, 0.15) is 84.0 Å². The van der Waals surface area contributed by atoms with Crippen LogP contribution >= 0.6 is 0 Å². The van der Waals surface area contributed by atoms with Crippen LogP contribution in [0.5, 0.6) is 0 Å². The molecule has 2 atom stereocenters. The third-order valence-electron chi connectivity index (χ3n) is 5.19. The number of nitrogens with one attached hydrogen (secondary N) is 1. The standard InChI is InChI=1S/C18H35NO/c1-2-19-17(11-7-12-18-13-8-14-20-18)15-16-9-5-3-4-6-10-16/h16-19H,2-15H2,1H3. The molecule has 0 amide bonds. The average Bonchev–Trinajstić information content (AvgIpc) is 2.83. The summed E-state index contributed by atoms with van der Waals surface area (Å²) in [6, 6.07) is 0.754. The highest BCUT2D eigenvalue weighted by molar-refractivity contribution is 4.75. The zero-order chi connectivity index (χ0) is 14.0. The Bertz CT molecular complexity index is 230. The van der Waals surface area contributed by atoms with Crippen LogP contribution in [0.15, 0.2) is 0 Å². The van der Waals surface area contributed by atoms with Crippen molar-refractivity contribution < 1.29 is 4.74 Å². The van der Waals surface area contributed by atoms with Crippen LogP contribution in [0.4, 0.5) is 0 Å². The summed E-state index contributed by atoms with van der Waals surface area (Å²) in [4.78, 5) is 0. The lowest BCUT2D eigenvalue weighted by atomic mass is 9.90. The maximum Gasteiger partial charge on any atom is 0.0576 e. The van der Waals surface area contributed by atoms with Crippen molar-refractivity contribution in [3.8, 4) is 0 Å². The molecule has 0 aromatic heterocycles. The van der Waals surface area contributed by atoms with Crippen molar-refractivity contribution in [3.05, 3.63) is 0 Å². The van der Waals surface area contributed by atoms with Crippen molar-refractivity contribution in [2.45, 2.75) is 96.1 Å². The zero-order valence-electron chi connectivity index (χ0n) is 13.5. The van der Waals surface area contributed by atoms with Crippen LogP contribution in [0, 0.1) is 5.92 Å². The molecule has 1 aliphatic carbocycles. The first-order chi connectivity index (χ1) is 9.88. The lowest BCUT2D eigenvalue weighted by Gasteiger charge is -2.24. The molecule has 2 rings (SSSR count). The summed E-state index contributed by atoms with van der Waals surface area (Å²) in [7, 11) is 0. The quantitative estimate of drug-likeness (QED) is 0.653. The van der Waals surface area contributed by atoms with Gasteiger partial charge in [0.15, 0.2) is 0 Å². The van der Waals surface area contributed by atoms with Crippen molar-refractivity contribution in [2.24, 2.45) is 5.92 Å². The van der Waals surface area contributed by atoms with Gasteiger partial charge in [-0.25, -0.2) is 0 Å². The van der Waals surface area contributed by atoms with E-state index in [0.29, 0.717) is 6.10 Å². The van der Waals surface area contributed by atoms with Gasteiger partial charge in [0.1, 0.15) is 0 Å². The lowest BCUT2D eigenvalue weighted by molar-refractivity contribution is 0.101. The number of hydrogen-bond donors (Lipinski definition) is 1. The minimum Gasteiger partial charge on any atom is -0.378 e. The fraction of sp³-hybridized carbons (Fsp3) is 1.00. The minimum absolute atomic E-state index is 0.579. The fourth-order valence-electron chi connectivity index (χ4n) is 4.06. The van der Waals surface area contributed by atoms with Crippen molar-refractivity contribution >= 4 is 0 Å². The molecule has 2 fully saturated rings. The Balaban J connectivity index is 1.65. The van der Waals surface area contributed by atoms with Crippen molar-refractivity contribution in [3.63, 3.8) is 0 Å². The predicted octanol–water partition coefficient (Wildman–Crippen LogP) is 4.67. The fourth-order valence-corrected chi connectivity index (χ4v) is 4.06. The Morgan fingerprint density at radius 3 is 2.50 bits per heavy atom. The minimum atomic E-state index is 0.579. The summed E-state index contributed by atoms with van der Waals surface area (Å²) >= 11 is 0. The van der Waals surface area contributed by atoms with Crippen LogP contribution in [-0.4, -0.2) is 25.3 Å². The van der Waals surface area contributed by atoms with E-state index in [-0.39, 0.29) is 0 Å². The van der Waals surface area contributed by atoms with Gasteiger partial charge in [-0.15, -0.1) is 0 Å². The highest BCUT2D eigenvalue weighted by atomic mass is 16.5. The van der Waals surface area contributed by atoms with Gasteiger partial charge in [-0.2, -0.15) is 0 Å². The van der Waals surface area contributed by atoms with Crippen LogP contribution < -0.4 is 5.32 Å². The van der Waals surface area contributed by atoms with Crippen LogP contribution in [-0.2, 0) is 4.74 Å². The second-order valence-corrected chi connectivity index (χ2v) is 6.91. The summed E-state index contributed by atoms with van der Waals surface area (Å²) in [5.74, 6) is 0.990. The average molecular weight is 281 g/mol. The van der Waals surface area contributed by atoms with Crippen LogP contribution in [0.2, 0.25) is 0 Å². The molecule has 0 bridgehead atoms.